The van der Waals surface area contributed by atoms with Crippen molar-refractivity contribution in [2.75, 3.05) is 24.9 Å². The Balaban J connectivity index is 1.74. The zero-order chi connectivity index (χ0) is 16.7. The second-order valence-corrected chi connectivity index (χ2v) is 8.44. The standard InChI is InChI=1S/C16H18N4O2S2/c1-20-7-5-15-14(10-18-23-15)16(20)24(21,22)19-13-3-2-11-4-6-17-9-12(11)8-13/h2-3,5,8,10,17,19H,4,6-7,9H2,1H3. The largest absolute Gasteiger partial charge is 0.360 e. The lowest BCUT2D eigenvalue weighted by molar-refractivity contribution is 0.538. The molecule has 3 heterocycles. The minimum atomic E-state index is -3.68. The second-order valence-electron chi connectivity index (χ2n) is 6.01. The molecule has 2 N–H and O–H groups in total. The van der Waals surface area contributed by atoms with E-state index < -0.39 is 10.0 Å². The number of fused-ring (bicyclic) bond motifs is 2. The smallest absolute Gasteiger partial charge is 0.277 e. The molecule has 0 fully saturated rings. The summed E-state index contributed by atoms with van der Waals surface area (Å²) in [6.07, 6.45) is 4.59. The monoisotopic (exact) mass is 362 g/mol. The van der Waals surface area contributed by atoms with Gasteiger partial charge in [-0.3, -0.25) is 4.72 Å². The highest BCUT2D eigenvalue weighted by Crippen LogP contribution is 2.22. The third-order valence-corrected chi connectivity index (χ3v) is 6.66. The molecule has 0 radical (unpaired) electrons. The van der Waals surface area contributed by atoms with Crippen LogP contribution in [0.25, 0.3) is 11.1 Å². The van der Waals surface area contributed by atoms with Gasteiger partial charge in [-0.15, -0.1) is 0 Å². The maximum Gasteiger partial charge on any atom is 0.277 e. The molecule has 2 aliphatic heterocycles. The average molecular weight is 362 g/mol. The zero-order valence-corrected chi connectivity index (χ0v) is 14.9. The number of rotatable bonds is 3. The number of aromatic nitrogens is 1. The third-order valence-electron chi connectivity index (χ3n) is 4.33. The van der Waals surface area contributed by atoms with E-state index in [0.717, 1.165) is 29.6 Å². The lowest BCUT2D eigenvalue weighted by atomic mass is 10.0. The number of hydrogen-bond donors (Lipinski definition) is 2. The van der Waals surface area contributed by atoms with Crippen molar-refractivity contribution < 1.29 is 8.42 Å². The van der Waals surface area contributed by atoms with Crippen LogP contribution in [0, 0.1) is 0 Å². The molecule has 2 aliphatic rings. The number of nitrogens with one attached hydrogen (secondary N) is 2. The van der Waals surface area contributed by atoms with E-state index in [1.807, 2.05) is 24.3 Å². The van der Waals surface area contributed by atoms with Crippen molar-refractivity contribution in [2.45, 2.75) is 13.0 Å². The van der Waals surface area contributed by atoms with Crippen molar-refractivity contribution in [1.29, 1.82) is 0 Å². The summed E-state index contributed by atoms with van der Waals surface area (Å²) in [5, 5.41) is 4.26. The molecule has 1 aromatic heterocycles. The average Bonchev–Trinajstić information content (AvgIpc) is 3.02. The summed E-state index contributed by atoms with van der Waals surface area (Å²) in [7, 11) is -1.90. The molecule has 4 rings (SSSR count). The lowest BCUT2D eigenvalue weighted by Crippen LogP contribution is -2.40. The highest BCUT2D eigenvalue weighted by atomic mass is 32.2. The van der Waals surface area contributed by atoms with Crippen LogP contribution in [-0.4, -0.2) is 37.8 Å². The first kappa shape index (κ1) is 15.6. The van der Waals surface area contributed by atoms with Crippen molar-refractivity contribution in [3.05, 3.63) is 45.3 Å². The van der Waals surface area contributed by atoms with E-state index in [1.165, 1.54) is 17.1 Å². The first-order valence-electron chi connectivity index (χ1n) is 7.76. The van der Waals surface area contributed by atoms with E-state index in [2.05, 4.69) is 14.4 Å². The molecule has 0 bridgehead atoms. The van der Waals surface area contributed by atoms with Gasteiger partial charge in [-0.05, 0) is 53.8 Å². The predicted molar refractivity (Wildman–Crippen MR) is 96.3 cm³/mol. The Morgan fingerprint density at radius 1 is 1.33 bits per heavy atom. The molecule has 0 atom stereocenters. The second kappa shape index (κ2) is 5.87. The van der Waals surface area contributed by atoms with Gasteiger partial charge < -0.3 is 10.2 Å². The summed E-state index contributed by atoms with van der Waals surface area (Å²) in [6, 6.07) is 5.76. The third kappa shape index (κ3) is 2.70. The van der Waals surface area contributed by atoms with Gasteiger partial charge in [0.25, 0.3) is 10.0 Å². The van der Waals surface area contributed by atoms with Gasteiger partial charge in [-0.2, -0.15) is 12.8 Å². The lowest BCUT2D eigenvalue weighted by Gasteiger charge is -2.24. The number of anilines is 1. The number of nitrogens with zero attached hydrogens (tertiary/aromatic N) is 2. The van der Waals surface area contributed by atoms with Crippen LogP contribution in [-0.2, 0) is 23.0 Å². The first-order valence-corrected chi connectivity index (χ1v) is 10.0. The van der Waals surface area contributed by atoms with E-state index in [1.54, 1.807) is 18.1 Å². The van der Waals surface area contributed by atoms with Crippen molar-refractivity contribution in [2.24, 2.45) is 0 Å². The van der Waals surface area contributed by atoms with Crippen LogP contribution in [0.4, 0.5) is 5.69 Å². The summed E-state index contributed by atoms with van der Waals surface area (Å²) in [6.45, 7) is 2.29. The molecule has 6 nitrogen and oxygen atoms in total. The van der Waals surface area contributed by atoms with Crippen LogP contribution in [0.5, 0.6) is 0 Å². The molecule has 1 aromatic carbocycles. The van der Waals surface area contributed by atoms with Crippen LogP contribution in [0.1, 0.15) is 11.1 Å². The van der Waals surface area contributed by atoms with Crippen molar-refractivity contribution in [1.82, 2.24) is 14.6 Å². The Morgan fingerprint density at radius 3 is 3.08 bits per heavy atom. The van der Waals surface area contributed by atoms with Crippen LogP contribution < -0.4 is 19.8 Å². The van der Waals surface area contributed by atoms with E-state index in [9.17, 15) is 8.42 Å². The fourth-order valence-corrected chi connectivity index (χ4v) is 5.37. The minimum Gasteiger partial charge on any atom is -0.360 e. The van der Waals surface area contributed by atoms with E-state index in [4.69, 9.17) is 0 Å². The molecule has 2 aromatic rings. The Kier molecular flexibility index (Phi) is 3.82. The molecule has 0 unspecified atom stereocenters. The summed E-state index contributed by atoms with van der Waals surface area (Å²) in [5.74, 6) is 0. The van der Waals surface area contributed by atoms with Gasteiger partial charge in [0, 0.05) is 31.0 Å². The molecular formula is C16H18N4O2S2. The Bertz CT molecular complexity index is 1010. The van der Waals surface area contributed by atoms with Crippen molar-refractivity contribution in [3.8, 4) is 0 Å². The van der Waals surface area contributed by atoms with Gasteiger partial charge in [-0.25, -0.2) is 0 Å². The maximum atomic E-state index is 13.0. The molecule has 0 saturated heterocycles. The Hall–Kier alpha value is -1.90. The van der Waals surface area contributed by atoms with E-state index >= 15 is 0 Å². The van der Waals surface area contributed by atoms with Gasteiger partial charge in [-0.1, -0.05) is 6.07 Å². The maximum absolute atomic E-state index is 13.0. The fourth-order valence-electron chi connectivity index (χ4n) is 3.16. The molecule has 0 aliphatic carbocycles. The number of sulfonamides is 1. The Morgan fingerprint density at radius 2 is 2.21 bits per heavy atom. The van der Waals surface area contributed by atoms with Crippen LogP contribution in [0.15, 0.2) is 24.4 Å². The van der Waals surface area contributed by atoms with E-state index in [0.29, 0.717) is 17.5 Å². The molecule has 126 valence electrons. The molecule has 0 amide bonds. The molecule has 24 heavy (non-hydrogen) atoms. The first-order chi connectivity index (χ1) is 11.5. The molecular weight excluding hydrogens is 344 g/mol. The predicted octanol–water partition coefficient (Wildman–Crippen LogP) is 0.0223. The minimum absolute atomic E-state index is 0.282. The van der Waals surface area contributed by atoms with Crippen LogP contribution in [0.3, 0.4) is 0 Å². The molecule has 0 spiro atoms. The van der Waals surface area contributed by atoms with Crippen molar-refractivity contribution in [3.63, 3.8) is 0 Å². The number of hydrogen-bond acceptors (Lipinski definition) is 6. The SMILES string of the molecule is CN1CC=c2sncc2=C1S(=O)(=O)Nc1ccc2c(c1)CNCC2. The number of benzene rings is 1. The fraction of sp³-hybridized carbons (Fsp3) is 0.312. The zero-order valence-electron chi connectivity index (χ0n) is 13.2. The highest BCUT2D eigenvalue weighted by Gasteiger charge is 2.25. The highest BCUT2D eigenvalue weighted by molar-refractivity contribution is 8.01. The van der Waals surface area contributed by atoms with Gasteiger partial charge in [0.2, 0.25) is 0 Å². The summed E-state index contributed by atoms with van der Waals surface area (Å²) in [5.41, 5.74) is 3.02. The quantitative estimate of drug-likeness (QED) is 0.805. The summed E-state index contributed by atoms with van der Waals surface area (Å²) < 4.78 is 33.7. The van der Waals surface area contributed by atoms with Crippen LogP contribution in [0.2, 0.25) is 0 Å². The van der Waals surface area contributed by atoms with Gasteiger partial charge in [0.05, 0.1) is 10.7 Å². The van der Waals surface area contributed by atoms with Crippen LogP contribution >= 0.6 is 11.5 Å². The molecule has 0 saturated carbocycles. The van der Waals surface area contributed by atoms with Gasteiger partial charge in [0.1, 0.15) is 0 Å². The summed E-state index contributed by atoms with van der Waals surface area (Å²) in [4.78, 5) is 1.74. The molecule has 8 heteroatoms. The van der Waals surface area contributed by atoms with E-state index in [-0.39, 0.29) is 5.03 Å². The van der Waals surface area contributed by atoms with Gasteiger partial charge in [0.15, 0.2) is 5.03 Å². The Labute approximate surface area is 144 Å². The van der Waals surface area contributed by atoms with Gasteiger partial charge >= 0.3 is 0 Å². The summed E-state index contributed by atoms with van der Waals surface area (Å²) >= 11 is 1.32. The topological polar surface area (TPSA) is 74.3 Å². The van der Waals surface area contributed by atoms with Crippen molar-refractivity contribution >= 4 is 38.3 Å². The normalized spacial score (nSPS) is 17.0.